The molecule has 1 aromatic carbocycles. The van der Waals surface area contributed by atoms with Crippen molar-refractivity contribution in [3.8, 4) is 6.07 Å². The third kappa shape index (κ3) is 3.92. The lowest BCUT2D eigenvalue weighted by molar-refractivity contribution is -0.133. The van der Waals surface area contributed by atoms with Gasteiger partial charge in [0.1, 0.15) is 5.52 Å². The molecule has 1 aliphatic heterocycles. The molecule has 3 heterocycles. The van der Waals surface area contributed by atoms with E-state index in [9.17, 15) is 4.79 Å². The fraction of sp³-hybridized carbons (Fsp3) is 0.227. The second-order valence-corrected chi connectivity index (χ2v) is 6.99. The number of rotatable bonds is 6. The van der Waals surface area contributed by atoms with Gasteiger partial charge in [0.15, 0.2) is 0 Å². The van der Waals surface area contributed by atoms with Gasteiger partial charge in [-0.3, -0.25) is 14.5 Å². The van der Waals surface area contributed by atoms with Crippen LogP contribution >= 0.6 is 0 Å². The van der Waals surface area contributed by atoms with Gasteiger partial charge < -0.3 is 0 Å². The number of hydrogen-bond donors (Lipinski definition) is 0. The number of fused-ring (bicyclic) bond motifs is 1. The molecule has 4 rings (SSSR count). The summed E-state index contributed by atoms with van der Waals surface area (Å²) in [6.45, 7) is 4.65. The van der Waals surface area contributed by atoms with Crippen molar-refractivity contribution in [2.75, 3.05) is 0 Å². The van der Waals surface area contributed by atoms with Crippen LogP contribution in [0.2, 0.25) is 0 Å². The predicted molar refractivity (Wildman–Crippen MR) is 110 cm³/mol. The standard InChI is InChI=1S/C22H20N6O/c1-16(15-27-21-6-3-10-24-19(21)14-26-27)7-8-22(29)28-20(9-11-25-28)18-5-2-4-17(12-18)13-23/h2-6,10-12,14,20H,1,7-9,15H2. The molecule has 0 saturated heterocycles. The van der Waals surface area contributed by atoms with Crippen LogP contribution in [0.15, 0.2) is 66.0 Å². The van der Waals surface area contributed by atoms with Crippen molar-refractivity contribution in [2.45, 2.75) is 31.8 Å². The summed E-state index contributed by atoms with van der Waals surface area (Å²) in [6.07, 6.45) is 6.74. The molecule has 0 N–H and O–H groups in total. The molecule has 1 unspecified atom stereocenters. The maximum absolute atomic E-state index is 12.8. The highest BCUT2D eigenvalue weighted by molar-refractivity contribution is 5.80. The zero-order chi connectivity index (χ0) is 20.2. The number of benzene rings is 1. The van der Waals surface area contributed by atoms with E-state index in [0.29, 0.717) is 31.4 Å². The minimum atomic E-state index is -0.162. The molecule has 1 atom stereocenters. The quantitative estimate of drug-likeness (QED) is 0.608. The zero-order valence-corrected chi connectivity index (χ0v) is 15.9. The average molecular weight is 384 g/mol. The Morgan fingerprint density at radius 1 is 1.28 bits per heavy atom. The summed E-state index contributed by atoms with van der Waals surface area (Å²) >= 11 is 0. The van der Waals surface area contributed by atoms with Crippen LogP contribution in [-0.2, 0) is 11.3 Å². The lowest BCUT2D eigenvalue weighted by atomic mass is 10.0. The van der Waals surface area contributed by atoms with Gasteiger partial charge in [-0.15, -0.1) is 0 Å². The molecule has 0 radical (unpaired) electrons. The van der Waals surface area contributed by atoms with Crippen LogP contribution in [0.4, 0.5) is 0 Å². The summed E-state index contributed by atoms with van der Waals surface area (Å²) in [5, 5.41) is 19.3. The summed E-state index contributed by atoms with van der Waals surface area (Å²) in [6, 6.07) is 13.1. The summed E-state index contributed by atoms with van der Waals surface area (Å²) in [7, 11) is 0. The van der Waals surface area contributed by atoms with Gasteiger partial charge in [-0.2, -0.15) is 15.5 Å². The van der Waals surface area contributed by atoms with E-state index in [1.165, 1.54) is 5.01 Å². The summed E-state index contributed by atoms with van der Waals surface area (Å²) in [5.74, 6) is -0.0562. The van der Waals surface area contributed by atoms with Crippen molar-refractivity contribution in [3.63, 3.8) is 0 Å². The number of hydrazone groups is 1. The Balaban J connectivity index is 1.38. The van der Waals surface area contributed by atoms with E-state index >= 15 is 0 Å². The van der Waals surface area contributed by atoms with E-state index in [4.69, 9.17) is 5.26 Å². The molecule has 7 heteroatoms. The van der Waals surface area contributed by atoms with Crippen LogP contribution in [0, 0.1) is 11.3 Å². The Kier molecular flexibility index (Phi) is 5.16. The smallest absolute Gasteiger partial charge is 0.243 e. The molecular weight excluding hydrogens is 364 g/mol. The summed E-state index contributed by atoms with van der Waals surface area (Å²) in [4.78, 5) is 17.1. The van der Waals surface area contributed by atoms with Gasteiger partial charge in [-0.05, 0) is 36.2 Å². The van der Waals surface area contributed by atoms with Crippen molar-refractivity contribution >= 4 is 23.2 Å². The number of carbonyl (C=O) groups excluding carboxylic acids is 1. The molecule has 1 aliphatic rings. The molecular formula is C22H20N6O. The summed E-state index contributed by atoms with van der Waals surface area (Å²) in [5.41, 5.74) is 4.20. The highest BCUT2D eigenvalue weighted by Gasteiger charge is 2.28. The number of hydrogen-bond acceptors (Lipinski definition) is 5. The van der Waals surface area contributed by atoms with Gasteiger partial charge in [0.25, 0.3) is 0 Å². The Labute approximate surface area is 168 Å². The van der Waals surface area contributed by atoms with Crippen LogP contribution < -0.4 is 0 Å². The van der Waals surface area contributed by atoms with Crippen LogP contribution in [0.3, 0.4) is 0 Å². The Morgan fingerprint density at radius 2 is 2.17 bits per heavy atom. The maximum Gasteiger partial charge on any atom is 0.243 e. The molecule has 1 amide bonds. The van der Waals surface area contributed by atoms with Crippen molar-refractivity contribution < 1.29 is 4.79 Å². The number of carbonyl (C=O) groups is 1. The minimum Gasteiger partial charge on any atom is -0.273 e. The van der Waals surface area contributed by atoms with E-state index in [2.05, 4.69) is 27.8 Å². The van der Waals surface area contributed by atoms with Gasteiger partial charge in [-0.1, -0.05) is 24.3 Å². The van der Waals surface area contributed by atoms with Gasteiger partial charge in [0, 0.05) is 25.3 Å². The van der Waals surface area contributed by atoms with Gasteiger partial charge >= 0.3 is 0 Å². The van der Waals surface area contributed by atoms with E-state index in [1.54, 1.807) is 24.7 Å². The first-order chi connectivity index (χ1) is 14.2. The monoisotopic (exact) mass is 384 g/mol. The normalized spacial score (nSPS) is 15.6. The molecule has 2 aromatic heterocycles. The van der Waals surface area contributed by atoms with Crippen LogP contribution in [0.1, 0.15) is 36.4 Å². The number of allylic oxidation sites excluding steroid dienone is 1. The first-order valence-electron chi connectivity index (χ1n) is 9.43. The van der Waals surface area contributed by atoms with Crippen LogP contribution in [0.25, 0.3) is 11.0 Å². The fourth-order valence-electron chi connectivity index (χ4n) is 3.47. The Morgan fingerprint density at radius 3 is 3.03 bits per heavy atom. The molecule has 0 bridgehead atoms. The molecule has 0 saturated carbocycles. The lowest BCUT2D eigenvalue weighted by Gasteiger charge is -2.22. The first kappa shape index (κ1) is 18.6. The number of nitrogens with zero attached hydrogens (tertiary/aromatic N) is 6. The zero-order valence-electron chi connectivity index (χ0n) is 15.9. The fourth-order valence-corrected chi connectivity index (χ4v) is 3.47. The van der Waals surface area contributed by atoms with Gasteiger partial charge in [0.05, 0.1) is 35.9 Å². The predicted octanol–water partition coefficient (Wildman–Crippen LogP) is 3.60. The van der Waals surface area contributed by atoms with Crippen molar-refractivity contribution in [3.05, 3.63) is 72.1 Å². The van der Waals surface area contributed by atoms with Gasteiger partial charge in [0.2, 0.25) is 5.91 Å². The number of aromatic nitrogens is 3. The number of pyridine rings is 1. The largest absolute Gasteiger partial charge is 0.273 e. The van der Waals surface area contributed by atoms with Crippen LogP contribution in [0.5, 0.6) is 0 Å². The van der Waals surface area contributed by atoms with E-state index in [-0.39, 0.29) is 11.9 Å². The topological polar surface area (TPSA) is 87.2 Å². The lowest BCUT2D eigenvalue weighted by Crippen LogP contribution is -2.27. The van der Waals surface area contributed by atoms with Gasteiger partial charge in [-0.25, -0.2) is 5.01 Å². The highest BCUT2D eigenvalue weighted by atomic mass is 16.2. The summed E-state index contributed by atoms with van der Waals surface area (Å²) < 4.78 is 1.85. The van der Waals surface area contributed by atoms with Crippen LogP contribution in [-0.4, -0.2) is 31.9 Å². The second kappa shape index (κ2) is 8.07. The number of amides is 1. The van der Waals surface area contributed by atoms with E-state index < -0.39 is 0 Å². The minimum absolute atomic E-state index is 0.0562. The highest BCUT2D eigenvalue weighted by Crippen LogP contribution is 2.29. The third-order valence-electron chi connectivity index (χ3n) is 4.97. The Bertz CT molecular complexity index is 1140. The van der Waals surface area contributed by atoms with E-state index in [0.717, 1.165) is 22.2 Å². The molecule has 0 aliphatic carbocycles. The molecule has 0 spiro atoms. The molecule has 0 fully saturated rings. The van der Waals surface area contributed by atoms with Crippen molar-refractivity contribution in [1.29, 1.82) is 5.26 Å². The Hall–Kier alpha value is -3.79. The van der Waals surface area contributed by atoms with Crippen molar-refractivity contribution in [1.82, 2.24) is 19.8 Å². The maximum atomic E-state index is 12.8. The van der Waals surface area contributed by atoms with E-state index in [1.807, 2.05) is 35.0 Å². The number of nitriles is 1. The molecule has 7 nitrogen and oxygen atoms in total. The third-order valence-corrected chi connectivity index (χ3v) is 4.97. The molecule has 3 aromatic rings. The molecule has 144 valence electrons. The second-order valence-electron chi connectivity index (χ2n) is 6.99. The molecule has 29 heavy (non-hydrogen) atoms. The SMILES string of the molecule is C=C(CCC(=O)N1N=CCC1c1cccc(C#N)c1)Cn1ncc2ncccc21. The average Bonchev–Trinajstić information content (AvgIpc) is 3.40. The first-order valence-corrected chi connectivity index (χ1v) is 9.43. The van der Waals surface area contributed by atoms with Crippen molar-refractivity contribution in [2.24, 2.45) is 5.10 Å².